The number of benzene rings is 7. The first kappa shape index (κ1) is 23.9. The van der Waals surface area contributed by atoms with Gasteiger partial charge in [0.2, 0.25) is 0 Å². The van der Waals surface area contributed by atoms with Crippen molar-refractivity contribution in [1.82, 2.24) is 9.97 Å². The molecule has 2 aromatic heterocycles. The molecule has 2 heterocycles. The first-order valence-electron chi connectivity index (χ1n) is 14.5. The molecule has 0 aliphatic heterocycles. The zero-order valence-corrected chi connectivity index (χ0v) is 23.2. The van der Waals surface area contributed by atoms with Crippen LogP contribution in [-0.4, -0.2) is 9.97 Å². The van der Waals surface area contributed by atoms with Crippen molar-refractivity contribution in [3.05, 3.63) is 146 Å². The topological polar surface area (TPSA) is 38.9 Å². The Hall–Kier alpha value is -5.80. The average molecular weight is 549 g/mol. The van der Waals surface area contributed by atoms with Crippen molar-refractivity contribution in [3.63, 3.8) is 0 Å². The van der Waals surface area contributed by atoms with E-state index in [4.69, 9.17) is 14.4 Å². The summed E-state index contributed by atoms with van der Waals surface area (Å²) in [6.07, 6.45) is 0. The molecule has 0 atom stereocenters. The quantitative estimate of drug-likeness (QED) is 0.205. The summed E-state index contributed by atoms with van der Waals surface area (Å²) in [5.41, 5.74) is 9.07. The number of fused-ring (bicyclic) bond motifs is 3. The third-order valence-electron chi connectivity index (χ3n) is 8.44. The van der Waals surface area contributed by atoms with Crippen LogP contribution in [0.3, 0.4) is 0 Å². The first-order valence-corrected chi connectivity index (χ1v) is 14.5. The monoisotopic (exact) mass is 548 g/mol. The van der Waals surface area contributed by atoms with Crippen LogP contribution in [0.2, 0.25) is 0 Å². The molecule has 200 valence electrons. The number of rotatable bonds is 4. The predicted octanol–water partition coefficient (Wildman–Crippen LogP) is 10.8. The van der Waals surface area contributed by atoms with E-state index in [1.54, 1.807) is 0 Å². The molecule has 7 aromatic carbocycles. The van der Waals surface area contributed by atoms with E-state index >= 15 is 0 Å². The fourth-order valence-corrected chi connectivity index (χ4v) is 6.52. The molecule has 3 nitrogen and oxygen atoms in total. The summed E-state index contributed by atoms with van der Waals surface area (Å²) < 4.78 is 6.29. The molecule has 9 aromatic rings. The number of hydrogen-bond donors (Lipinski definition) is 0. The zero-order valence-electron chi connectivity index (χ0n) is 23.2. The van der Waals surface area contributed by atoms with E-state index in [-0.39, 0.29) is 0 Å². The van der Waals surface area contributed by atoms with Gasteiger partial charge in [0.25, 0.3) is 0 Å². The minimum atomic E-state index is 0.704. The van der Waals surface area contributed by atoms with Crippen molar-refractivity contribution in [2.24, 2.45) is 0 Å². The van der Waals surface area contributed by atoms with Gasteiger partial charge in [0, 0.05) is 27.5 Å². The van der Waals surface area contributed by atoms with Crippen LogP contribution in [0.25, 0.3) is 88.5 Å². The van der Waals surface area contributed by atoms with Crippen LogP contribution in [0.15, 0.2) is 150 Å². The molecule has 9 rings (SSSR count). The minimum Gasteiger partial charge on any atom is -0.456 e. The van der Waals surface area contributed by atoms with Gasteiger partial charge in [0.1, 0.15) is 11.2 Å². The number of nitrogens with zero attached hydrogens (tertiary/aromatic N) is 2. The highest BCUT2D eigenvalue weighted by Crippen LogP contribution is 2.45. The summed E-state index contributed by atoms with van der Waals surface area (Å²) in [5.74, 6) is 0.704. The third-order valence-corrected chi connectivity index (χ3v) is 8.44. The Morgan fingerprint density at radius 1 is 0.372 bits per heavy atom. The fraction of sp³-hybridized carbons (Fsp3) is 0. The summed E-state index contributed by atoms with van der Waals surface area (Å²) in [4.78, 5) is 10.2. The molecular weight excluding hydrogens is 524 g/mol. The summed E-state index contributed by atoms with van der Waals surface area (Å²) in [7, 11) is 0. The van der Waals surface area contributed by atoms with Crippen LogP contribution in [0.5, 0.6) is 0 Å². The number of furan rings is 1. The summed E-state index contributed by atoms with van der Waals surface area (Å²) in [5, 5.41) is 7.27. The third kappa shape index (κ3) is 3.75. The van der Waals surface area contributed by atoms with Gasteiger partial charge in [-0.05, 0) is 56.9 Å². The van der Waals surface area contributed by atoms with Crippen molar-refractivity contribution in [3.8, 4) is 45.0 Å². The molecule has 0 saturated carbocycles. The van der Waals surface area contributed by atoms with Gasteiger partial charge in [-0.25, -0.2) is 9.97 Å². The van der Waals surface area contributed by atoms with Crippen LogP contribution in [0.1, 0.15) is 0 Å². The maximum absolute atomic E-state index is 6.29. The van der Waals surface area contributed by atoms with Crippen molar-refractivity contribution in [2.75, 3.05) is 0 Å². The Morgan fingerprint density at radius 2 is 0.884 bits per heavy atom. The Kier molecular flexibility index (Phi) is 5.20. The Bertz CT molecular complexity index is 2380. The van der Waals surface area contributed by atoms with Gasteiger partial charge in [-0.15, -0.1) is 0 Å². The van der Waals surface area contributed by atoms with Gasteiger partial charge in [0.15, 0.2) is 5.82 Å². The van der Waals surface area contributed by atoms with Crippen LogP contribution in [0, 0.1) is 0 Å². The van der Waals surface area contributed by atoms with Gasteiger partial charge in [-0.1, -0.05) is 121 Å². The largest absolute Gasteiger partial charge is 0.456 e. The minimum absolute atomic E-state index is 0.704. The normalized spacial score (nSPS) is 11.7. The maximum Gasteiger partial charge on any atom is 0.160 e. The van der Waals surface area contributed by atoms with Gasteiger partial charge in [-0.3, -0.25) is 0 Å². The van der Waals surface area contributed by atoms with Crippen LogP contribution < -0.4 is 0 Å². The van der Waals surface area contributed by atoms with Gasteiger partial charge < -0.3 is 4.42 Å². The highest BCUT2D eigenvalue weighted by atomic mass is 16.3. The molecule has 0 saturated heterocycles. The lowest BCUT2D eigenvalue weighted by atomic mass is 9.89. The Labute approximate surface area is 248 Å². The second-order valence-corrected chi connectivity index (χ2v) is 11.0. The number of hydrogen-bond acceptors (Lipinski definition) is 3. The molecule has 0 amide bonds. The first-order chi connectivity index (χ1) is 21.3. The van der Waals surface area contributed by atoms with E-state index in [0.29, 0.717) is 5.82 Å². The molecule has 0 N–H and O–H groups in total. The standard InChI is InChI=1S/C40H24N2O/c1-3-11-25(12-4-1)33-24-34(26-13-5-2-6-14-26)42-40(41-33)28-16-7-15-27(23-28)29-17-8-18-30-31-19-9-21-35-38(31)39-32(37(29)30)20-10-22-36(39)43-35/h1-24H. The van der Waals surface area contributed by atoms with E-state index in [2.05, 4.69) is 109 Å². The van der Waals surface area contributed by atoms with Crippen molar-refractivity contribution >= 4 is 43.5 Å². The van der Waals surface area contributed by atoms with Crippen LogP contribution in [-0.2, 0) is 0 Å². The van der Waals surface area contributed by atoms with E-state index in [9.17, 15) is 0 Å². The second kappa shape index (κ2) is 9.37. The smallest absolute Gasteiger partial charge is 0.160 e. The predicted molar refractivity (Wildman–Crippen MR) is 177 cm³/mol. The van der Waals surface area contributed by atoms with Crippen LogP contribution >= 0.6 is 0 Å². The molecule has 0 aliphatic rings. The van der Waals surface area contributed by atoms with Gasteiger partial charge >= 0.3 is 0 Å². The van der Waals surface area contributed by atoms with E-state index in [0.717, 1.165) is 44.8 Å². The van der Waals surface area contributed by atoms with Gasteiger partial charge in [0.05, 0.1) is 11.4 Å². The zero-order chi connectivity index (χ0) is 28.3. The van der Waals surface area contributed by atoms with Crippen LogP contribution in [0.4, 0.5) is 0 Å². The maximum atomic E-state index is 6.29. The molecule has 43 heavy (non-hydrogen) atoms. The fourth-order valence-electron chi connectivity index (χ4n) is 6.52. The lowest BCUT2D eigenvalue weighted by molar-refractivity contribution is 0.669. The molecule has 0 aliphatic carbocycles. The Morgan fingerprint density at radius 3 is 1.56 bits per heavy atom. The average Bonchev–Trinajstić information content (AvgIpc) is 3.48. The highest BCUT2D eigenvalue weighted by Gasteiger charge is 2.19. The molecule has 0 bridgehead atoms. The SMILES string of the molecule is c1ccc(-c2cc(-c3ccccc3)nc(-c3cccc(-c4cccc5c6cccc7oc8cccc(c45)c8c76)c3)n2)cc1. The molecule has 3 heteroatoms. The molecule has 0 fully saturated rings. The summed E-state index contributed by atoms with van der Waals surface area (Å²) in [6.45, 7) is 0. The van der Waals surface area contributed by atoms with Gasteiger partial charge in [-0.2, -0.15) is 0 Å². The van der Waals surface area contributed by atoms with Crippen molar-refractivity contribution in [1.29, 1.82) is 0 Å². The van der Waals surface area contributed by atoms with E-state index < -0.39 is 0 Å². The van der Waals surface area contributed by atoms with E-state index in [1.807, 2.05) is 36.4 Å². The van der Waals surface area contributed by atoms with Crippen molar-refractivity contribution in [2.45, 2.75) is 0 Å². The lowest BCUT2D eigenvalue weighted by Crippen LogP contribution is -1.96. The second-order valence-electron chi connectivity index (χ2n) is 11.0. The van der Waals surface area contributed by atoms with Crippen molar-refractivity contribution < 1.29 is 4.42 Å². The highest BCUT2D eigenvalue weighted by molar-refractivity contribution is 6.34. The number of aromatic nitrogens is 2. The summed E-state index contributed by atoms with van der Waals surface area (Å²) in [6, 6.07) is 50.7. The van der Waals surface area contributed by atoms with E-state index in [1.165, 1.54) is 37.9 Å². The lowest BCUT2D eigenvalue weighted by Gasteiger charge is -2.14. The molecule has 0 spiro atoms. The molecule has 0 radical (unpaired) electrons. The molecule has 0 unspecified atom stereocenters. The summed E-state index contributed by atoms with van der Waals surface area (Å²) >= 11 is 0. The molecular formula is C40H24N2O. The Balaban J connectivity index is 1.28.